The van der Waals surface area contributed by atoms with Crippen LogP contribution in [0.1, 0.15) is 12.5 Å². The zero-order chi connectivity index (χ0) is 12.3. The summed E-state index contributed by atoms with van der Waals surface area (Å²) in [5, 5.41) is 10.2. The maximum Gasteiger partial charge on any atom is 0.239 e. The van der Waals surface area contributed by atoms with Crippen molar-refractivity contribution < 1.29 is 18.1 Å². The van der Waals surface area contributed by atoms with E-state index in [1.807, 2.05) is 0 Å². The Hall–Kier alpha value is -1.85. The van der Waals surface area contributed by atoms with Crippen LogP contribution in [0.5, 0.6) is 0 Å². The van der Waals surface area contributed by atoms with Gasteiger partial charge in [0, 0.05) is 31.0 Å². The lowest BCUT2D eigenvalue weighted by Crippen LogP contribution is -1.99. The van der Waals surface area contributed by atoms with E-state index in [4.69, 9.17) is 0 Å². The van der Waals surface area contributed by atoms with Crippen LogP contribution in [0.2, 0.25) is 0 Å². The van der Waals surface area contributed by atoms with Gasteiger partial charge in [-0.2, -0.15) is 0 Å². The van der Waals surface area contributed by atoms with E-state index in [1.54, 1.807) is 0 Å². The molecule has 0 saturated heterocycles. The summed E-state index contributed by atoms with van der Waals surface area (Å²) in [5.41, 5.74) is -0.606. The largest absolute Gasteiger partial charge is 0.259 e. The Kier molecular flexibility index (Phi) is 3.65. The van der Waals surface area contributed by atoms with Crippen molar-refractivity contribution in [3.63, 3.8) is 0 Å². The third kappa shape index (κ3) is 2.82. The Morgan fingerprint density at radius 1 is 1.38 bits per heavy atom. The van der Waals surface area contributed by atoms with Gasteiger partial charge in [-0.05, 0) is 6.08 Å². The molecule has 1 rings (SSSR count). The van der Waals surface area contributed by atoms with Gasteiger partial charge in [-0.1, -0.05) is 0 Å². The Bertz CT molecular complexity index is 434. The summed E-state index contributed by atoms with van der Waals surface area (Å²) in [6, 6.07) is 1.07. The zero-order valence-corrected chi connectivity index (χ0v) is 8.34. The molecule has 0 bridgehead atoms. The second-order valence-corrected chi connectivity index (χ2v) is 3.15. The molecule has 6 heteroatoms. The van der Waals surface area contributed by atoms with Crippen LogP contribution >= 0.6 is 0 Å². The average Bonchev–Trinajstić information content (AvgIpc) is 2.15. The molecule has 3 nitrogen and oxygen atoms in total. The van der Waals surface area contributed by atoms with Gasteiger partial charge in [0.15, 0.2) is 0 Å². The minimum atomic E-state index is -1.05. The fourth-order valence-electron chi connectivity index (χ4n) is 1.09. The number of nitro groups is 1. The number of rotatable bonds is 3. The van der Waals surface area contributed by atoms with E-state index in [2.05, 4.69) is 0 Å². The maximum atomic E-state index is 13.1. The van der Waals surface area contributed by atoms with E-state index < -0.39 is 22.4 Å². The van der Waals surface area contributed by atoms with Crippen molar-refractivity contribution in [1.82, 2.24) is 0 Å². The molecule has 0 amide bonds. The van der Waals surface area contributed by atoms with Crippen LogP contribution in [0.3, 0.4) is 0 Å². The highest BCUT2D eigenvalue weighted by atomic mass is 19.1. The molecule has 0 radical (unpaired) electrons. The Labute approximate surface area is 89.4 Å². The minimum absolute atomic E-state index is 0.219. The molecular formula is C10H8F3NO2. The highest BCUT2D eigenvalue weighted by molar-refractivity contribution is 5.23. The summed E-state index contributed by atoms with van der Waals surface area (Å²) in [6.07, 6.45) is 0.782. The lowest BCUT2D eigenvalue weighted by Gasteiger charge is -2.01. The number of benzene rings is 1. The summed E-state index contributed by atoms with van der Waals surface area (Å²) in [4.78, 5) is 9.57. The van der Waals surface area contributed by atoms with Gasteiger partial charge in [0.2, 0.25) is 5.70 Å². The third-order valence-corrected chi connectivity index (χ3v) is 2.00. The van der Waals surface area contributed by atoms with Gasteiger partial charge < -0.3 is 0 Å². The SMILES string of the molecule is C/C(=C/Cc1c(F)cc(F)cc1F)[N+](=O)[O-]. The molecule has 0 spiro atoms. The Balaban J connectivity index is 2.99. The van der Waals surface area contributed by atoms with Gasteiger partial charge in [0.1, 0.15) is 17.5 Å². The maximum absolute atomic E-state index is 13.1. The van der Waals surface area contributed by atoms with Crippen molar-refractivity contribution in [3.05, 3.63) is 57.0 Å². The predicted octanol–water partition coefficient (Wildman–Crippen LogP) is 2.83. The van der Waals surface area contributed by atoms with Crippen LogP contribution in [0.15, 0.2) is 23.9 Å². The molecule has 1 aromatic rings. The van der Waals surface area contributed by atoms with Crippen molar-refractivity contribution >= 4 is 0 Å². The van der Waals surface area contributed by atoms with Gasteiger partial charge in [-0.15, -0.1) is 0 Å². The van der Waals surface area contributed by atoms with Crippen LogP contribution in [0.25, 0.3) is 0 Å². The van der Waals surface area contributed by atoms with Crippen LogP contribution < -0.4 is 0 Å². The minimum Gasteiger partial charge on any atom is -0.259 e. The van der Waals surface area contributed by atoms with E-state index in [1.165, 1.54) is 6.92 Å². The molecule has 86 valence electrons. The topological polar surface area (TPSA) is 43.1 Å². The molecule has 1 aromatic carbocycles. The first-order chi connectivity index (χ1) is 7.41. The number of halogens is 3. The monoisotopic (exact) mass is 231 g/mol. The third-order valence-electron chi connectivity index (χ3n) is 2.00. The Morgan fingerprint density at radius 3 is 2.31 bits per heavy atom. The molecule has 0 aliphatic carbocycles. The quantitative estimate of drug-likeness (QED) is 0.593. The molecule has 0 aromatic heterocycles. The van der Waals surface area contributed by atoms with Crippen molar-refractivity contribution in [2.45, 2.75) is 13.3 Å². The predicted molar refractivity (Wildman–Crippen MR) is 50.8 cm³/mol. The second-order valence-electron chi connectivity index (χ2n) is 3.15. The summed E-state index contributed by atoms with van der Waals surface area (Å²) in [6.45, 7) is 1.21. The van der Waals surface area contributed by atoms with E-state index in [0.29, 0.717) is 12.1 Å². The molecule has 0 saturated carbocycles. The lowest BCUT2D eigenvalue weighted by molar-refractivity contribution is -0.424. The fraction of sp³-hybridized carbons (Fsp3) is 0.200. The number of hydrogen-bond donors (Lipinski definition) is 0. The first-order valence-electron chi connectivity index (χ1n) is 4.36. The summed E-state index contributed by atoms with van der Waals surface area (Å²) < 4.78 is 38.7. The lowest BCUT2D eigenvalue weighted by atomic mass is 10.1. The molecule has 0 fully saturated rings. The zero-order valence-electron chi connectivity index (χ0n) is 8.34. The van der Waals surface area contributed by atoms with Crippen molar-refractivity contribution in [2.75, 3.05) is 0 Å². The molecule has 0 aliphatic rings. The van der Waals surface area contributed by atoms with E-state index in [-0.39, 0.29) is 17.7 Å². The normalized spacial score (nSPS) is 11.6. The van der Waals surface area contributed by atoms with Gasteiger partial charge in [0.25, 0.3) is 0 Å². The van der Waals surface area contributed by atoms with Crippen LogP contribution in [-0.2, 0) is 6.42 Å². The van der Waals surface area contributed by atoms with Gasteiger partial charge in [-0.25, -0.2) is 13.2 Å². The molecule has 0 aliphatic heterocycles. The molecular weight excluding hydrogens is 223 g/mol. The first kappa shape index (κ1) is 12.2. The highest BCUT2D eigenvalue weighted by Gasteiger charge is 2.11. The fourth-order valence-corrected chi connectivity index (χ4v) is 1.09. The highest BCUT2D eigenvalue weighted by Crippen LogP contribution is 2.16. The number of hydrogen-bond acceptors (Lipinski definition) is 2. The van der Waals surface area contributed by atoms with Gasteiger partial charge >= 0.3 is 0 Å². The Morgan fingerprint density at radius 2 is 1.88 bits per heavy atom. The van der Waals surface area contributed by atoms with Crippen molar-refractivity contribution in [2.24, 2.45) is 0 Å². The summed E-state index contributed by atoms with van der Waals surface area (Å²) >= 11 is 0. The van der Waals surface area contributed by atoms with E-state index in [0.717, 1.165) is 6.08 Å². The number of allylic oxidation sites excluding steroid dienone is 2. The van der Waals surface area contributed by atoms with Crippen LogP contribution in [-0.4, -0.2) is 4.92 Å². The van der Waals surface area contributed by atoms with Gasteiger partial charge in [-0.3, -0.25) is 10.1 Å². The molecule has 0 heterocycles. The number of nitrogens with zero attached hydrogens (tertiary/aromatic N) is 1. The van der Waals surface area contributed by atoms with E-state index in [9.17, 15) is 23.3 Å². The smallest absolute Gasteiger partial charge is 0.239 e. The second kappa shape index (κ2) is 4.78. The first-order valence-corrected chi connectivity index (χ1v) is 4.36. The van der Waals surface area contributed by atoms with Crippen LogP contribution in [0, 0.1) is 27.6 Å². The van der Waals surface area contributed by atoms with Crippen LogP contribution in [0.4, 0.5) is 13.2 Å². The summed E-state index contributed by atoms with van der Waals surface area (Å²) in [5.74, 6) is -3.12. The molecule has 0 atom stereocenters. The molecule has 0 unspecified atom stereocenters. The van der Waals surface area contributed by atoms with E-state index >= 15 is 0 Å². The summed E-state index contributed by atoms with van der Waals surface area (Å²) in [7, 11) is 0. The molecule has 0 N–H and O–H groups in total. The van der Waals surface area contributed by atoms with Crippen molar-refractivity contribution in [1.29, 1.82) is 0 Å². The van der Waals surface area contributed by atoms with Crippen molar-refractivity contribution in [3.8, 4) is 0 Å². The average molecular weight is 231 g/mol. The standard InChI is InChI=1S/C10H8F3NO2/c1-6(14(15)16)2-3-8-9(12)4-7(11)5-10(8)13/h2,4-5H,3H2,1H3/b6-2-. The molecule has 16 heavy (non-hydrogen) atoms. The van der Waals surface area contributed by atoms with Gasteiger partial charge in [0.05, 0.1) is 4.92 Å².